The van der Waals surface area contributed by atoms with Gasteiger partial charge in [0.2, 0.25) is 10.0 Å². The van der Waals surface area contributed by atoms with E-state index in [4.69, 9.17) is 4.74 Å². The summed E-state index contributed by atoms with van der Waals surface area (Å²) >= 11 is 0. The lowest BCUT2D eigenvalue weighted by Gasteiger charge is -2.36. The zero-order valence-electron chi connectivity index (χ0n) is 12.9. The number of hydrogen-bond acceptors (Lipinski definition) is 4. The molecule has 0 aliphatic carbocycles. The van der Waals surface area contributed by atoms with Gasteiger partial charge in [-0.1, -0.05) is 18.2 Å². The van der Waals surface area contributed by atoms with Crippen LogP contribution >= 0.6 is 0 Å². The monoisotopic (exact) mass is 324 g/mol. The molecule has 2 aliphatic heterocycles. The largest absolute Gasteiger partial charge is 0.381 e. The maximum atomic E-state index is 12.6. The molecule has 1 aromatic rings. The first kappa shape index (κ1) is 15.9. The van der Waals surface area contributed by atoms with Crippen molar-refractivity contribution in [3.8, 4) is 0 Å². The minimum Gasteiger partial charge on any atom is -0.381 e. The van der Waals surface area contributed by atoms with Crippen LogP contribution in [0.15, 0.2) is 35.2 Å². The fourth-order valence-corrected chi connectivity index (χ4v) is 4.65. The van der Waals surface area contributed by atoms with Crippen molar-refractivity contribution in [2.75, 3.05) is 45.9 Å². The zero-order valence-corrected chi connectivity index (χ0v) is 13.7. The Kier molecular flexibility index (Phi) is 5.13. The topological polar surface area (TPSA) is 49.9 Å². The molecule has 2 saturated heterocycles. The lowest BCUT2D eigenvalue weighted by atomic mass is 10.0. The number of rotatable bonds is 4. The van der Waals surface area contributed by atoms with Crippen LogP contribution in [-0.4, -0.2) is 63.6 Å². The lowest BCUT2D eigenvalue weighted by Crippen LogP contribution is -2.50. The Balaban J connectivity index is 1.55. The van der Waals surface area contributed by atoms with E-state index in [1.807, 2.05) is 6.07 Å². The summed E-state index contributed by atoms with van der Waals surface area (Å²) in [7, 11) is -3.34. The van der Waals surface area contributed by atoms with Crippen LogP contribution in [-0.2, 0) is 14.8 Å². The van der Waals surface area contributed by atoms with Crippen molar-refractivity contribution in [1.29, 1.82) is 0 Å². The van der Waals surface area contributed by atoms with Gasteiger partial charge in [-0.05, 0) is 30.9 Å². The van der Waals surface area contributed by atoms with E-state index >= 15 is 0 Å². The summed E-state index contributed by atoms with van der Waals surface area (Å²) in [6, 6.07) is 8.71. The highest BCUT2D eigenvalue weighted by Crippen LogP contribution is 2.19. The maximum absolute atomic E-state index is 12.6. The predicted octanol–water partition coefficient (Wildman–Crippen LogP) is 1.42. The molecule has 0 N–H and O–H groups in total. The maximum Gasteiger partial charge on any atom is 0.243 e. The molecule has 122 valence electrons. The van der Waals surface area contributed by atoms with Gasteiger partial charge in [0.15, 0.2) is 0 Å². The van der Waals surface area contributed by atoms with Gasteiger partial charge in [-0.3, -0.25) is 0 Å². The first-order valence-electron chi connectivity index (χ1n) is 8.01. The molecule has 2 aliphatic rings. The standard InChI is InChI=1S/C16H24N2O3S/c19-22(20,16-6-2-1-3-7-16)18-10-8-17(9-11-18)13-15-5-4-12-21-14-15/h1-3,6-7,15H,4-5,8-14H2. The molecule has 0 saturated carbocycles. The lowest BCUT2D eigenvalue weighted by molar-refractivity contribution is 0.0335. The minimum absolute atomic E-state index is 0.393. The SMILES string of the molecule is O=S(=O)(c1ccccc1)N1CCN(CC2CCCOC2)CC1. The van der Waals surface area contributed by atoms with E-state index in [0.717, 1.165) is 39.3 Å². The highest BCUT2D eigenvalue weighted by molar-refractivity contribution is 7.89. The molecule has 22 heavy (non-hydrogen) atoms. The Morgan fingerprint density at radius 3 is 2.45 bits per heavy atom. The molecule has 5 nitrogen and oxygen atoms in total. The predicted molar refractivity (Wildman–Crippen MR) is 85.2 cm³/mol. The fourth-order valence-electron chi connectivity index (χ4n) is 3.21. The van der Waals surface area contributed by atoms with Gasteiger partial charge in [0, 0.05) is 39.3 Å². The number of benzene rings is 1. The summed E-state index contributed by atoms with van der Waals surface area (Å²) in [6.07, 6.45) is 2.37. The van der Waals surface area contributed by atoms with Gasteiger partial charge in [-0.2, -0.15) is 4.31 Å². The molecule has 0 radical (unpaired) electrons. The molecule has 0 amide bonds. The Hall–Kier alpha value is -0.950. The molecule has 2 heterocycles. The van der Waals surface area contributed by atoms with E-state index in [1.165, 1.54) is 6.42 Å². The average molecular weight is 324 g/mol. The van der Waals surface area contributed by atoms with Crippen LogP contribution in [0.3, 0.4) is 0 Å². The van der Waals surface area contributed by atoms with E-state index in [2.05, 4.69) is 4.90 Å². The average Bonchev–Trinajstić information content (AvgIpc) is 2.57. The fraction of sp³-hybridized carbons (Fsp3) is 0.625. The molecule has 0 aromatic heterocycles. The Morgan fingerprint density at radius 2 is 1.82 bits per heavy atom. The van der Waals surface area contributed by atoms with Gasteiger partial charge in [0.1, 0.15) is 0 Å². The first-order chi connectivity index (χ1) is 10.7. The van der Waals surface area contributed by atoms with Crippen molar-refractivity contribution in [2.24, 2.45) is 5.92 Å². The summed E-state index contributed by atoms with van der Waals surface area (Å²) in [5, 5.41) is 0. The molecule has 1 unspecified atom stereocenters. The third kappa shape index (κ3) is 3.68. The van der Waals surface area contributed by atoms with Crippen molar-refractivity contribution in [3.05, 3.63) is 30.3 Å². The highest BCUT2D eigenvalue weighted by Gasteiger charge is 2.29. The molecule has 6 heteroatoms. The number of sulfonamides is 1. The number of piperazine rings is 1. The number of nitrogens with zero attached hydrogens (tertiary/aromatic N) is 2. The number of hydrogen-bond donors (Lipinski definition) is 0. The summed E-state index contributed by atoms with van der Waals surface area (Å²) in [5.41, 5.74) is 0. The Bertz CT molecular complexity index is 562. The van der Waals surface area contributed by atoms with E-state index in [1.54, 1.807) is 28.6 Å². The number of ether oxygens (including phenoxy) is 1. The second-order valence-corrected chi connectivity index (χ2v) is 8.04. The van der Waals surface area contributed by atoms with Gasteiger partial charge < -0.3 is 9.64 Å². The molecule has 1 atom stereocenters. The van der Waals surface area contributed by atoms with Crippen molar-refractivity contribution in [3.63, 3.8) is 0 Å². The van der Waals surface area contributed by atoms with E-state index in [0.29, 0.717) is 23.9 Å². The van der Waals surface area contributed by atoms with Crippen LogP contribution in [0.25, 0.3) is 0 Å². The highest BCUT2D eigenvalue weighted by atomic mass is 32.2. The zero-order chi connectivity index (χ0) is 15.4. The van der Waals surface area contributed by atoms with Crippen molar-refractivity contribution < 1.29 is 13.2 Å². The van der Waals surface area contributed by atoms with Crippen LogP contribution in [0.5, 0.6) is 0 Å². The molecular weight excluding hydrogens is 300 g/mol. The summed E-state index contributed by atoms with van der Waals surface area (Å²) in [6.45, 7) is 5.53. The quantitative estimate of drug-likeness (QED) is 0.840. The van der Waals surface area contributed by atoms with Crippen LogP contribution < -0.4 is 0 Å². The van der Waals surface area contributed by atoms with Gasteiger partial charge in [-0.15, -0.1) is 0 Å². The van der Waals surface area contributed by atoms with Crippen molar-refractivity contribution in [1.82, 2.24) is 9.21 Å². The summed E-state index contributed by atoms with van der Waals surface area (Å²) in [4.78, 5) is 2.76. The molecule has 1 aromatic carbocycles. The molecule has 3 rings (SSSR count). The van der Waals surface area contributed by atoms with E-state index < -0.39 is 10.0 Å². The van der Waals surface area contributed by atoms with Gasteiger partial charge in [0.25, 0.3) is 0 Å². The minimum atomic E-state index is -3.34. The third-order valence-corrected chi connectivity index (χ3v) is 6.40. The first-order valence-corrected chi connectivity index (χ1v) is 9.45. The van der Waals surface area contributed by atoms with E-state index in [9.17, 15) is 8.42 Å². The smallest absolute Gasteiger partial charge is 0.243 e. The Morgan fingerprint density at radius 1 is 1.09 bits per heavy atom. The molecular formula is C16H24N2O3S. The molecule has 0 spiro atoms. The van der Waals surface area contributed by atoms with Crippen LogP contribution in [0.4, 0.5) is 0 Å². The molecule has 0 bridgehead atoms. The Labute approximate surface area is 132 Å². The normalized spacial score (nSPS) is 25.2. The molecule has 2 fully saturated rings. The third-order valence-electron chi connectivity index (χ3n) is 4.48. The van der Waals surface area contributed by atoms with Gasteiger partial charge >= 0.3 is 0 Å². The van der Waals surface area contributed by atoms with E-state index in [-0.39, 0.29) is 0 Å². The second kappa shape index (κ2) is 7.08. The summed E-state index contributed by atoms with van der Waals surface area (Å²) in [5.74, 6) is 0.603. The van der Waals surface area contributed by atoms with Gasteiger partial charge in [0.05, 0.1) is 11.5 Å². The van der Waals surface area contributed by atoms with Crippen molar-refractivity contribution in [2.45, 2.75) is 17.7 Å². The van der Waals surface area contributed by atoms with Crippen LogP contribution in [0.1, 0.15) is 12.8 Å². The van der Waals surface area contributed by atoms with Crippen LogP contribution in [0, 0.1) is 5.92 Å². The van der Waals surface area contributed by atoms with Crippen LogP contribution in [0.2, 0.25) is 0 Å². The summed E-state index contributed by atoms with van der Waals surface area (Å²) < 4.78 is 32.3. The second-order valence-electron chi connectivity index (χ2n) is 6.10. The van der Waals surface area contributed by atoms with Gasteiger partial charge in [-0.25, -0.2) is 8.42 Å². The van der Waals surface area contributed by atoms with Crippen molar-refractivity contribution >= 4 is 10.0 Å².